The number of carboxylic acid groups (broad SMARTS) is 1. The van der Waals surface area contributed by atoms with Gasteiger partial charge < -0.3 is 15.0 Å². The summed E-state index contributed by atoms with van der Waals surface area (Å²) in [5.74, 6) is -1.71. The number of aliphatic hydroxyl groups excluding tert-OH is 1. The molecule has 1 atom stereocenters. The van der Waals surface area contributed by atoms with Gasteiger partial charge in [0.1, 0.15) is 12.2 Å². The Labute approximate surface area is 92.6 Å². The first-order valence-corrected chi connectivity index (χ1v) is 4.39. The predicted octanol–water partition coefficient (Wildman–Crippen LogP) is 0.702. The van der Waals surface area contributed by atoms with Gasteiger partial charge in [-0.2, -0.15) is 5.26 Å². The number of hydrogen-bond acceptors (Lipinski definition) is 4. The highest BCUT2D eigenvalue weighted by Gasteiger charge is 1.98. The standard InChI is InChI=1S/C7H6O2.C4H5NO2/c8-7(9)6-4-2-1-3-5-6;5-1-4(2-6)3-7/h1-5H,(H,8,9);2,4,7H,3H2. The van der Waals surface area contributed by atoms with Crippen molar-refractivity contribution in [2.24, 2.45) is 5.92 Å². The Kier molecular flexibility index (Phi) is 7.03. The lowest BCUT2D eigenvalue weighted by Crippen LogP contribution is -2.02. The zero-order valence-corrected chi connectivity index (χ0v) is 8.41. The van der Waals surface area contributed by atoms with Gasteiger partial charge in [-0.3, -0.25) is 0 Å². The van der Waals surface area contributed by atoms with Gasteiger partial charge in [0.2, 0.25) is 0 Å². The van der Waals surface area contributed by atoms with Crippen LogP contribution in [0.3, 0.4) is 0 Å². The van der Waals surface area contributed by atoms with Crippen molar-refractivity contribution in [1.29, 1.82) is 5.26 Å². The molecule has 84 valence electrons. The summed E-state index contributed by atoms with van der Waals surface area (Å²) in [6.45, 7) is -0.375. The molecular weight excluding hydrogens is 210 g/mol. The fourth-order valence-corrected chi connectivity index (χ4v) is 0.695. The first-order chi connectivity index (χ1) is 7.65. The van der Waals surface area contributed by atoms with E-state index in [2.05, 4.69) is 0 Å². The molecule has 0 aliphatic rings. The highest BCUT2D eigenvalue weighted by Crippen LogP contribution is 1.96. The first-order valence-electron chi connectivity index (χ1n) is 4.39. The molecule has 0 heterocycles. The quantitative estimate of drug-likeness (QED) is 0.732. The van der Waals surface area contributed by atoms with Crippen LogP contribution in [0.1, 0.15) is 10.4 Å². The first kappa shape index (κ1) is 13.8. The fourth-order valence-electron chi connectivity index (χ4n) is 0.695. The van der Waals surface area contributed by atoms with Crippen LogP contribution in [-0.2, 0) is 4.79 Å². The molecule has 1 aromatic carbocycles. The molecule has 0 fully saturated rings. The Hall–Kier alpha value is -2.19. The Morgan fingerprint density at radius 1 is 1.44 bits per heavy atom. The Morgan fingerprint density at radius 2 is 2.00 bits per heavy atom. The van der Waals surface area contributed by atoms with E-state index in [1.165, 1.54) is 0 Å². The highest BCUT2D eigenvalue weighted by atomic mass is 16.4. The lowest BCUT2D eigenvalue weighted by Gasteiger charge is -1.88. The second-order valence-corrected chi connectivity index (χ2v) is 2.73. The third-order valence-electron chi connectivity index (χ3n) is 1.55. The molecule has 16 heavy (non-hydrogen) atoms. The van der Waals surface area contributed by atoms with Gasteiger partial charge >= 0.3 is 5.97 Å². The Balaban J connectivity index is 0.000000293. The number of carbonyl (C=O) groups excluding carboxylic acids is 1. The lowest BCUT2D eigenvalue weighted by atomic mass is 10.2. The Morgan fingerprint density at radius 3 is 2.19 bits per heavy atom. The van der Waals surface area contributed by atoms with Crippen LogP contribution in [0.4, 0.5) is 0 Å². The van der Waals surface area contributed by atoms with E-state index in [9.17, 15) is 9.59 Å². The van der Waals surface area contributed by atoms with Gasteiger partial charge in [-0.1, -0.05) is 18.2 Å². The lowest BCUT2D eigenvalue weighted by molar-refractivity contribution is -0.110. The topological polar surface area (TPSA) is 98.4 Å². The predicted molar refractivity (Wildman–Crippen MR) is 55.7 cm³/mol. The summed E-state index contributed by atoms with van der Waals surface area (Å²) in [7, 11) is 0. The molecule has 0 saturated carbocycles. The molecule has 0 aromatic heterocycles. The van der Waals surface area contributed by atoms with E-state index in [-0.39, 0.29) is 6.61 Å². The number of aldehydes is 1. The number of hydrogen-bond donors (Lipinski definition) is 2. The number of nitrogens with zero attached hydrogens (tertiary/aromatic N) is 1. The summed E-state index contributed by atoms with van der Waals surface area (Å²) < 4.78 is 0. The van der Waals surface area contributed by atoms with E-state index in [1.807, 2.05) is 0 Å². The molecular formula is C11H11NO4. The number of aliphatic hydroxyl groups is 1. The van der Waals surface area contributed by atoms with Gasteiger partial charge in [0.15, 0.2) is 0 Å². The molecule has 1 rings (SSSR count). The molecule has 1 aromatic rings. The van der Waals surface area contributed by atoms with Crippen LogP contribution in [0.2, 0.25) is 0 Å². The maximum Gasteiger partial charge on any atom is 0.335 e. The van der Waals surface area contributed by atoms with Crippen molar-refractivity contribution in [3.05, 3.63) is 35.9 Å². The van der Waals surface area contributed by atoms with Gasteiger partial charge in [-0.15, -0.1) is 0 Å². The van der Waals surface area contributed by atoms with Crippen molar-refractivity contribution >= 4 is 12.3 Å². The molecule has 5 heteroatoms. The molecule has 0 aliphatic carbocycles. The van der Waals surface area contributed by atoms with Crippen molar-refractivity contribution in [2.45, 2.75) is 0 Å². The van der Waals surface area contributed by atoms with Crippen molar-refractivity contribution in [2.75, 3.05) is 6.61 Å². The fraction of sp³-hybridized carbons (Fsp3) is 0.182. The van der Waals surface area contributed by atoms with Crippen LogP contribution in [0.5, 0.6) is 0 Å². The average molecular weight is 221 g/mol. The van der Waals surface area contributed by atoms with E-state index in [0.29, 0.717) is 11.8 Å². The summed E-state index contributed by atoms with van der Waals surface area (Å²) in [4.78, 5) is 19.8. The van der Waals surface area contributed by atoms with E-state index < -0.39 is 11.9 Å². The SMILES string of the molecule is N#CC(C=O)CO.O=C(O)c1ccccc1. The molecule has 2 N–H and O–H groups in total. The van der Waals surface area contributed by atoms with E-state index in [0.717, 1.165) is 0 Å². The third-order valence-corrected chi connectivity index (χ3v) is 1.55. The number of carboxylic acids is 1. The molecule has 0 spiro atoms. The Bertz CT molecular complexity index is 369. The number of carbonyl (C=O) groups is 2. The van der Waals surface area contributed by atoms with Gasteiger partial charge in [0.25, 0.3) is 0 Å². The van der Waals surface area contributed by atoms with Gasteiger partial charge in [-0.05, 0) is 12.1 Å². The van der Waals surface area contributed by atoms with Crippen molar-refractivity contribution < 1.29 is 19.8 Å². The van der Waals surface area contributed by atoms with Gasteiger partial charge in [0, 0.05) is 0 Å². The minimum Gasteiger partial charge on any atom is -0.478 e. The minimum absolute atomic E-state index is 0.331. The van der Waals surface area contributed by atoms with E-state index in [1.54, 1.807) is 36.4 Å². The molecule has 0 bridgehead atoms. The molecule has 0 saturated heterocycles. The zero-order chi connectivity index (χ0) is 12.4. The van der Waals surface area contributed by atoms with Gasteiger partial charge in [0.05, 0.1) is 18.2 Å². The number of nitriles is 1. The summed E-state index contributed by atoms with van der Waals surface area (Å²) in [5, 5.41) is 24.3. The van der Waals surface area contributed by atoms with Crippen molar-refractivity contribution in [3.8, 4) is 6.07 Å². The monoisotopic (exact) mass is 221 g/mol. The van der Waals surface area contributed by atoms with Crippen LogP contribution < -0.4 is 0 Å². The molecule has 0 amide bonds. The largest absolute Gasteiger partial charge is 0.478 e. The smallest absolute Gasteiger partial charge is 0.335 e. The third kappa shape index (κ3) is 5.52. The van der Waals surface area contributed by atoms with E-state index >= 15 is 0 Å². The summed E-state index contributed by atoms with van der Waals surface area (Å²) in [5.41, 5.74) is 0.331. The minimum atomic E-state index is -0.879. The highest BCUT2D eigenvalue weighted by molar-refractivity contribution is 5.87. The number of rotatable bonds is 3. The van der Waals surface area contributed by atoms with Crippen molar-refractivity contribution in [1.82, 2.24) is 0 Å². The number of aromatic carboxylic acids is 1. The molecule has 5 nitrogen and oxygen atoms in total. The summed E-state index contributed by atoms with van der Waals surface area (Å²) in [6, 6.07) is 9.88. The normalized spacial score (nSPS) is 10.2. The van der Waals surface area contributed by atoms with Crippen LogP contribution in [-0.4, -0.2) is 29.1 Å². The summed E-state index contributed by atoms with van der Waals surface area (Å²) in [6.07, 6.45) is 0.417. The second kappa shape index (κ2) is 8.15. The number of benzene rings is 1. The van der Waals surface area contributed by atoms with Crippen molar-refractivity contribution in [3.63, 3.8) is 0 Å². The maximum atomic E-state index is 10.2. The van der Waals surface area contributed by atoms with Crippen LogP contribution in [0.15, 0.2) is 30.3 Å². The van der Waals surface area contributed by atoms with Crippen LogP contribution in [0, 0.1) is 17.2 Å². The average Bonchev–Trinajstić information content (AvgIpc) is 2.33. The van der Waals surface area contributed by atoms with Gasteiger partial charge in [-0.25, -0.2) is 4.79 Å². The van der Waals surface area contributed by atoms with E-state index in [4.69, 9.17) is 15.5 Å². The molecule has 0 radical (unpaired) electrons. The summed E-state index contributed by atoms with van der Waals surface area (Å²) >= 11 is 0. The van der Waals surface area contributed by atoms with Crippen LogP contribution in [0.25, 0.3) is 0 Å². The molecule has 0 aliphatic heterocycles. The van der Waals surface area contributed by atoms with Crippen LogP contribution >= 0.6 is 0 Å². The maximum absolute atomic E-state index is 10.2. The zero-order valence-electron chi connectivity index (χ0n) is 8.41. The molecule has 1 unspecified atom stereocenters. The second-order valence-electron chi connectivity index (χ2n) is 2.73.